The SMILES string of the molecule is CC(=O)c1ccc(F)cc1OCc1ccn(C(C)C)n1. The molecule has 0 aliphatic carbocycles. The van der Waals surface area contributed by atoms with Crippen molar-refractivity contribution in [3.63, 3.8) is 0 Å². The van der Waals surface area contributed by atoms with Crippen molar-refractivity contribution in [1.82, 2.24) is 9.78 Å². The van der Waals surface area contributed by atoms with E-state index >= 15 is 0 Å². The van der Waals surface area contributed by atoms with Crippen LogP contribution in [0.1, 0.15) is 42.9 Å². The fraction of sp³-hybridized carbons (Fsp3) is 0.333. The van der Waals surface area contributed by atoms with Gasteiger partial charge in [-0.1, -0.05) is 0 Å². The molecule has 0 saturated carbocycles. The highest BCUT2D eigenvalue weighted by Gasteiger charge is 2.11. The number of ether oxygens (including phenoxy) is 1. The molecular weight excluding hydrogens is 259 g/mol. The molecule has 106 valence electrons. The first-order chi connectivity index (χ1) is 9.47. The Kier molecular flexibility index (Phi) is 4.17. The second-order valence-electron chi connectivity index (χ2n) is 4.87. The summed E-state index contributed by atoms with van der Waals surface area (Å²) in [5, 5.41) is 4.33. The lowest BCUT2D eigenvalue weighted by atomic mass is 10.1. The van der Waals surface area contributed by atoms with Gasteiger partial charge in [-0.15, -0.1) is 0 Å². The summed E-state index contributed by atoms with van der Waals surface area (Å²) in [5.41, 5.74) is 1.10. The van der Waals surface area contributed by atoms with E-state index in [1.54, 1.807) is 0 Å². The first-order valence-electron chi connectivity index (χ1n) is 6.44. The topological polar surface area (TPSA) is 44.1 Å². The summed E-state index contributed by atoms with van der Waals surface area (Å²) >= 11 is 0. The molecule has 5 heteroatoms. The van der Waals surface area contributed by atoms with Crippen LogP contribution in [0.4, 0.5) is 4.39 Å². The number of hydrogen-bond acceptors (Lipinski definition) is 3. The molecule has 0 aliphatic rings. The fourth-order valence-electron chi connectivity index (χ4n) is 1.80. The van der Waals surface area contributed by atoms with Crippen LogP contribution in [0.3, 0.4) is 0 Å². The quantitative estimate of drug-likeness (QED) is 0.786. The van der Waals surface area contributed by atoms with Crippen LogP contribution in [-0.2, 0) is 6.61 Å². The molecule has 0 radical (unpaired) electrons. The molecule has 0 N–H and O–H groups in total. The van der Waals surface area contributed by atoms with Crippen LogP contribution >= 0.6 is 0 Å². The third-order valence-electron chi connectivity index (χ3n) is 2.89. The largest absolute Gasteiger partial charge is 0.486 e. The summed E-state index contributed by atoms with van der Waals surface area (Å²) < 4.78 is 20.6. The Hall–Kier alpha value is -2.17. The number of hydrogen-bond donors (Lipinski definition) is 0. The molecule has 2 rings (SSSR count). The zero-order chi connectivity index (χ0) is 14.7. The van der Waals surface area contributed by atoms with Crippen molar-refractivity contribution in [2.75, 3.05) is 0 Å². The van der Waals surface area contributed by atoms with Crippen LogP contribution in [0, 0.1) is 5.82 Å². The molecule has 1 aromatic carbocycles. The molecule has 0 unspecified atom stereocenters. The summed E-state index contributed by atoms with van der Waals surface area (Å²) in [5.74, 6) is -0.345. The third kappa shape index (κ3) is 3.23. The molecule has 1 aromatic heterocycles. The Balaban J connectivity index is 2.13. The van der Waals surface area contributed by atoms with Crippen LogP contribution in [0.5, 0.6) is 5.75 Å². The number of aromatic nitrogens is 2. The molecule has 2 aromatic rings. The lowest BCUT2D eigenvalue weighted by Crippen LogP contribution is -2.05. The van der Waals surface area contributed by atoms with Crippen LogP contribution in [0.2, 0.25) is 0 Å². The highest BCUT2D eigenvalue weighted by molar-refractivity contribution is 5.96. The van der Waals surface area contributed by atoms with E-state index in [1.165, 1.54) is 25.1 Å². The Bertz CT molecular complexity index is 620. The van der Waals surface area contributed by atoms with Crippen molar-refractivity contribution in [3.8, 4) is 5.75 Å². The zero-order valence-electron chi connectivity index (χ0n) is 11.8. The molecule has 4 nitrogen and oxygen atoms in total. The number of rotatable bonds is 5. The van der Waals surface area contributed by atoms with Gasteiger partial charge in [0.15, 0.2) is 5.78 Å². The zero-order valence-corrected chi connectivity index (χ0v) is 11.8. The van der Waals surface area contributed by atoms with Gasteiger partial charge >= 0.3 is 0 Å². The summed E-state index contributed by atoms with van der Waals surface area (Å²) in [7, 11) is 0. The molecular formula is C15H17FN2O2. The highest BCUT2D eigenvalue weighted by Crippen LogP contribution is 2.21. The lowest BCUT2D eigenvalue weighted by Gasteiger charge is -2.09. The van der Waals surface area contributed by atoms with Gasteiger partial charge in [-0.3, -0.25) is 9.48 Å². The molecule has 0 saturated heterocycles. The highest BCUT2D eigenvalue weighted by atomic mass is 19.1. The second kappa shape index (κ2) is 5.86. The van der Waals surface area contributed by atoms with Gasteiger partial charge in [-0.25, -0.2) is 4.39 Å². The van der Waals surface area contributed by atoms with E-state index in [9.17, 15) is 9.18 Å². The van der Waals surface area contributed by atoms with Gasteiger partial charge in [0.1, 0.15) is 18.2 Å². The summed E-state index contributed by atoms with van der Waals surface area (Å²) in [6.45, 7) is 5.67. The van der Waals surface area contributed by atoms with Gasteiger partial charge in [0, 0.05) is 18.3 Å². The summed E-state index contributed by atoms with van der Waals surface area (Å²) in [6.07, 6.45) is 1.86. The molecule has 0 fully saturated rings. The minimum absolute atomic E-state index is 0.160. The van der Waals surface area contributed by atoms with Crippen molar-refractivity contribution in [1.29, 1.82) is 0 Å². The molecule has 0 bridgehead atoms. The average molecular weight is 276 g/mol. The van der Waals surface area contributed by atoms with Crippen LogP contribution in [0.15, 0.2) is 30.5 Å². The van der Waals surface area contributed by atoms with Gasteiger partial charge < -0.3 is 4.74 Å². The van der Waals surface area contributed by atoms with E-state index in [1.807, 2.05) is 30.8 Å². The van der Waals surface area contributed by atoms with E-state index in [0.717, 1.165) is 5.69 Å². The van der Waals surface area contributed by atoms with Gasteiger partial charge in [0.25, 0.3) is 0 Å². The average Bonchev–Trinajstić information content (AvgIpc) is 2.85. The van der Waals surface area contributed by atoms with Crippen molar-refractivity contribution in [3.05, 3.63) is 47.5 Å². The second-order valence-corrected chi connectivity index (χ2v) is 4.87. The van der Waals surface area contributed by atoms with Crippen molar-refractivity contribution in [2.45, 2.75) is 33.4 Å². The first-order valence-corrected chi connectivity index (χ1v) is 6.44. The molecule has 20 heavy (non-hydrogen) atoms. The smallest absolute Gasteiger partial charge is 0.163 e. The number of nitrogens with zero attached hydrogens (tertiary/aromatic N) is 2. The molecule has 0 aliphatic heterocycles. The Morgan fingerprint density at radius 1 is 1.40 bits per heavy atom. The number of carbonyl (C=O) groups is 1. The predicted molar refractivity (Wildman–Crippen MR) is 73.3 cm³/mol. The molecule has 0 spiro atoms. The van der Waals surface area contributed by atoms with E-state index in [0.29, 0.717) is 5.56 Å². The first kappa shape index (κ1) is 14.2. The van der Waals surface area contributed by atoms with Gasteiger partial charge in [0.2, 0.25) is 0 Å². The molecule has 0 amide bonds. The third-order valence-corrected chi connectivity index (χ3v) is 2.89. The predicted octanol–water partition coefficient (Wildman–Crippen LogP) is 3.38. The van der Waals surface area contributed by atoms with Crippen molar-refractivity contribution in [2.24, 2.45) is 0 Å². The maximum Gasteiger partial charge on any atom is 0.163 e. The maximum absolute atomic E-state index is 13.2. The minimum Gasteiger partial charge on any atom is -0.486 e. The van der Waals surface area contributed by atoms with Gasteiger partial charge in [-0.05, 0) is 39.0 Å². The molecule has 1 heterocycles. The molecule has 0 atom stereocenters. The van der Waals surface area contributed by atoms with Crippen molar-refractivity contribution >= 4 is 5.78 Å². The Labute approximate surface area is 117 Å². The van der Waals surface area contributed by atoms with Crippen LogP contribution < -0.4 is 4.74 Å². The van der Waals surface area contributed by atoms with Crippen LogP contribution in [0.25, 0.3) is 0 Å². The number of benzene rings is 1. The summed E-state index contributed by atoms with van der Waals surface area (Å²) in [6, 6.07) is 6.00. The number of halogens is 1. The van der Waals surface area contributed by atoms with E-state index < -0.39 is 5.82 Å². The maximum atomic E-state index is 13.2. The van der Waals surface area contributed by atoms with Gasteiger partial charge in [-0.2, -0.15) is 5.10 Å². The lowest BCUT2D eigenvalue weighted by molar-refractivity contribution is 0.101. The fourth-order valence-corrected chi connectivity index (χ4v) is 1.80. The normalized spacial score (nSPS) is 10.8. The van der Waals surface area contributed by atoms with E-state index in [-0.39, 0.29) is 24.2 Å². The number of Topliss-reactive ketones (excluding diaryl/α,β-unsaturated/α-hetero) is 1. The van der Waals surface area contributed by atoms with E-state index in [4.69, 9.17) is 4.74 Å². The van der Waals surface area contributed by atoms with Crippen molar-refractivity contribution < 1.29 is 13.9 Å². The monoisotopic (exact) mass is 276 g/mol. The van der Waals surface area contributed by atoms with E-state index in [2.05, 4.69) is 5.10 Å². The van der Waals surface area contributed by atoms with Crippen LogP contribution in [-0.4, -0.2) is 15.6 Å². The van der Waals surface area contributed by atoms with Gasteiger partial charge in [0.05, 0.1) is 11.3 Å². The standard InChI is InChI=1S/C15H17FN2O2/c1-10(2)18-7-6-13(17-18)9-20-15-8-12(16)4-5-14(15)11(3)19/h4-8,10H,9H2,1-3H3. The number of ketones is 1. The Morgan fingerprint density at radius 3 is 2.75 bits per heavy atom. The number of carbonyl (C=O) groups excluding carboxylic acids is 1. The minimum atomic E-state index is -0.433. The summed E-state index contributed by atoms with van der Waals surface area (Å²) in [4.78, 5) is 11.5. The Morgan fingerprint density at radius 2 is 2.15 bits per heavy atom.